The van der Waals surface area contributed by atoms with E-state index in [0.29, 0.717) is 0 Å². The Morgan fingerprint density at radius 2 is 2.16 bits per heavy atom. The Labute approximate surface area is 108 Å². The number of anilines is 1. The molecule has 0 bridgehead atoms. The fourth-order valence-electron chi connectivity index (χ4n) is 1.48. The second-order valence-corrected chi connectivity index (χ2v) is 5.16. The van der Waals surface area contributed by atoms with Crippen molar-refractivity contribution in [3.8, 4) is 6.07 Å². The average molecular weight is 259 g/mol. The first-order valence-corrected chi connectivity index (χ1v) is 5.66. The fraction of sp³-hybridized carbons (Fsp3) is 0.333. The number of aromatic amines is 2. The lowest BCUT2D eigenvalue weighted by Crippen LogP contribution is -2.29. The molecule has 0 spiro atoms. The molecule has 0 saturated carbocycles. The van der Waals surface area contributed by atoms with Crippen LogP contribution in [0.5, 0.6) is 0 Å². The molecule has 7 nitrogen and oxygen atoms in total. The third-order valence-corrected chi connectivity index (χ3v) is 2.58. The van der Waals surface area contributed by atoms with Crippen molar-refractivity contribution < 1.29 is 4.79 Å². The van der Waals surface area contributed by atoms with Crippen LogP contribution < -0.4 is 10.9 Å². The van der Waals surface area contributed by atoms with Gasteiger partial charge in [-0.3, -0.25) is 19.9 Å². The second kappa shape index (κ2) is 4.24. The lowest BCUT2D eigenvalue weighted by molar-refractivity contribution is -0.123. The molecule has 0 saturated heterocycles. The number of nitrogens with zero attached hydrogens (tertiary/aromatic N) is 2. The average Bonchev–Trinajstić information content (AvgIpc) is 2.71. The number of carbonyl (C=O) groups is 1. The van der Waals surface area contributed by atoms with Crippen molar-refractivity contribution in [2.75, 3.05) is 5.32 Å². The van der Waals surface area contributed by atoms with E-state index in [4.69, 9.17) is 5.26 Å². The van der Waals surface area contributed by atoms with Crippen LogP contribution in [0.25, 0.3) is 11.0 Å². The minimum absolute atomic E-state index is 0.0590. The summed E-state index contributed by atoms with van der Waals surface area (Å²) >= 11 is 0. The van der Waals surface area contributed by atoms with E-state index in [9.17, 15) is 9.59 Å². The van der Waals surface area contributed by atoms with E-state index in [1.54, 1.807) is 20.8 Å². The van der Waals surface area contributed by atoms with Gasteiger partial charge in [-0.05, 0) is 0 Å². The predicted octanol–water partition coefficient (Wildman–Crippen LogP) is 1.11. The lowest BCUT2D eigenvalue weighted by atomic mass is 9.96. The normalized spacial score (nSPS) is 11.3. The second-order valence-electron chi connectivity index (χ2n) is 5.16. The molecule has 2 heterocycles. The Morgan fingerprint density at radius 1 is 1.47 bits per heavy atom. The molecule has 0 fully saturated rings. The van der Waals surface area contributed by atoms with Gasteiger partial charge < -0.3 is 4.98 Å². The van der Waals surface area contributed by atoms with E-state index in [0.717, 1.165) is 0 Å². The van der Waals surface area contributed by atoms with Crippen molar-refractivity contribution in [2.45, 2.75) is 20.8 Å². The summed E-state index contributed by atoms with van der Waals surface area (Å²) in [5, 5.41) is 11.6. The molecule has 0 aromatic carbocycles. The largest absolute Gasteiger partial charge is 0.344 e. The molecule has 0 aliphatic heterocycles. The summed E-state index contributed by atoms with van der Waals surface area (Å²) in [6, 6.07) is 1.90. The molecule has 19 heavy (non-hydrogen) atoms. The highest BCUT2D eigenvalue weighted by molar-refractivity contribution is 5.93. The van der Waals surface area contributed by atoms with Gasteiger partial charge in [0.05, 0.1) is 5.56 Å². The van der Waals surface area contributed by atoms with Crippen molar-refractivity contribution >= 4 is 22.9 Å². The van der Waals surface area contributed by atoms with Crippen molar-refractivity contribution in [3.05, 3.63) is 22.1 Å². The Hall–Kier alpha value is -2.62. The van der Waals surface area contributed by atoms with Gasteiger partial charge >= 0.3 is 0 Å². The SMILES string of the molecule is CC(C)(C)C(=O)Nc1nc2[nH]cc(C#N)c2c(=O)[nH]1. The summed E-state index contributed by atoms with van der Waals surface area (Å²) in [5.41, 5.74) is -0.574. The van der Waals surface area contributed by atoms with Gasteiger partial charge in [-0.1, -0.05) is 20.8 Å². The van der Waals surface area contributed by atoms with Crippen LogP contribution in [0.1, 0.15) is 26.3 Å². The number of amides is 1. The van der Waals surface area contributed by atoms with Crippen LogP contribution in [-0.4, -0.2) is 20.9 Å². The molecule has 0 unspecified atom stereocenters. The number of hydrogen-bond donors (Lipinski definition) is 3. The standard InChI is InChI=1S/C12H13N5O2/c1-12(2,3)10(19)17-11-15-8-7(9(18)16-11)6(4-13)5-14-8/h5H,1-3H3,(H3,14,15,16,17,18,19). The van der Waals surface area contributed by atoms with Gasteiger partial charge in [0.2, 0.25) is 11.9 Å². The van der Waals surface area contributed by atoms with Gasteiger partial charge in [-0.15, -0.1) is 0 Å². The van der Waals surface area contributed by atoms with Crippen LogP contribution in [0.2, 0.25) is 0 Å². The Morgan fingerprint density at radius 3 is 2.74 bits per heavy atom. The Kier molecular flexibility index (Phi) is 2.86. The molecular weight excluding hydrogens is 246 g/mol. The molecule has 2 aromatic rings. The van der Waals surface area contributed by atoms with Crippen LogP contribution in [-0.2, 0) is 4.79 Å². The summed E-state index contributed by atoms with van der Waals surface area (Å²) in [6.45, 7) is 5.25. The van der Waals surface area contributed by atoms with Crippen LogP contribution in [0.4, 0.5) is 5.95 Å². The van der Waals surface area contributed by atoms with E-state index >= 15 is 0 Å². The highest BCUT2D eigenvalue weighted by Crippen LogP contribution is 2.16. The van der Waals surface area contributed by atoms with E-state index in [1.807, 2.05) is 6.07 Å². The van der Waals surface area contributed by atoms with E-state index in [1.165, 1.54) is 6.20 Å². The lowest BCUT2D eigenvalue weighted by Gasteiger charge is -2.16. The van der Waals surface area contributed by atoms with Gasteiger partial charge in [0, 0.05) is 11.6 Å². The van der Waals surface area contributed by atoms with E-state index in [2.05, 4.69) is 20.3 Å². The van der Waals surface area contributed by atoms with Crippen molar-refractivity contribution in [2.24, 2.45) is 5.41 Å². The van der Waals surface area contributed by atoms with Crippen molar-refractivity contribution in [1.29, 1.82) is 5.26 Å². The third kappa shape index (κ3) is 2.33. The number of H-pyrrole nitrogens is 2. The molecule has 1 amide bonds. The maximum Gasteiger partial charge on any atom is 0.263 e. The number of hydrogen-bond acceptors (Lipinski definition) is 4. The topological polar surface area (TPSA) is 114 Å². The number of carbonyl (C=O) groups excluding carboxylic acids is 1. The third-order valence-electron chi connectivity index (χ3n) is 2.58. The van der Waals surface area contributed by atoms with Crippen molar-refractivity contribution in [1.82, 2.24) is 15.0 Å². The van der Waals surface area contributed by atoms with Gasteiger partial charge in [0.15, 0.2) is 0 Å². The zero-order valence-corrected chi connectivity index (χ0v) is 10.8. The smallest absolute Gasteiger partial charge is 0.263 e. The first-order valence-electron chi connectivity index (χ1n) is 5.66. The molecule has 0 atom stereocenters. The summed E-state index contributed by atoms with van der Waals surface area (Å²) in [6.07, 6.45) is 1.41. The molecule has 3 N–H and O–H groups in total. The molecule has 2 rings (SSSR count). The molecule has 0 aliphatic carbocycles. The maximum atomic E-state index is 11.9. The zero-order chi connectivity index (χ0) is 14.2. The van der Waals surface area contributed by atoms with Gasteiger partial charge in [0.1, 0.15) is 17.1 Å². The molecule has 0 aliphatic rings. The van der Waals surface area contributed by atoms with Crippen molar-refractivity contribution in [3.63, 3.8) is 0 Å². The molecule has 7 heteroatoms. The zero-order valence-electron chi connectivity index (χ0n) is 10.8. The van der Waals surface area contributed by atoms with E-state index in [-0.39, 0.29) is 28.5 Å². The Bertz CT molecular complexity index is 742. The summed E-state index contributed by atoms with van der Waals surface area (Å²) < 4.78 is 0. The van der Waals surface area contributed by atoms with Gasteiger partial charge in [-0.25, -0.2) is 0 Å². The summed E-state index contributed by atoms with van der Waals surface area (Å²) in [7, 11) is 0. The van der Waals surface area contributed by atoms with Gasteiger partial charge in [-0.2, -0.15) is 10.2 Å². The van der Waals surface area contributed by atoms with Crippen LogP contribution in [0.15, 0.2) is 11.0 Å². The minimum atomic E-state index is -0.596. The molecule has 0 radical (unpaired) electrons. The maximum absolute atomic E-state index is 11.9. The monoisotopic (exact) mass is 259 g/mol. The highest BCUT2D eigenvalue weighted by atomic mass is 16.2. The molecule has 2 aromatic heterocycles. The van der Waals surface area contributed by atoms with Crippen LogP contribution in [0.3, 0.4) is 0 Å². The van der Waals surface area contributed by atoms with Crippen LogP contribution >= 0.6 is 0 Å². The quantitative estimate of drug-likeness (QED) is 0.711. The Balaban J connectivity index is 2.46. The first kappa shape index (κ1) is 12.8. The number of fused-ring (bicyclic) bond motifs is 1. The van der Waals surface area contributed by atoms with Gasteiger partial charge in [0.25, 0.3) is 5.56 Å². The number of nitriles is 1. The number of nitrogens with one attached hydrogen (secondary N) is 3. The first-order chi connectivity index (χ1) is 8.82. The predicted molar refractivity (Wildman–Crippen MR) is 69.5 cm³/mol. The van der Waals surface area contributed by atoms with Crippen LogP contribution in [0, 0.1) is 16.7 Å². The minimum Gasteiger partial charge on any atom is -0.344 e. The number of aromatic nitrogens is 3. The fourth-order valence-corrected chi connectivity index (χ4v) is 1.48. The van der Waals surface area contributed by atoms with E-state index < -0.39 is 11.0 Å². The molecular formula is C12H13N5O2. The molecule has 98 valence electrons. The number of rotatable bonds is 1. The highest BCUT2D eigenvalue weighted by Gasteiger charge is 2.22. The summed E-state index contributed by atoms with van der Waals surface area (Å²) in [5.74, 6) is -0.203. The summed E-state index contributed by atoms with van der Waals surface area (Å²) in [4.78, 5) is 32.9.